The fourth-order valence-corrected chi connectivity index (χ4v) is 3.13. The monoisotopic (exact) mass is 400 g/mol. The zero-order valence-electron chi connectivity index (χ0n) is 17.1. The smallest absolute Gasteiger partial charge is 0.325 e. The number of rotatable bonds is 10. The zero-order valence-corrected chi connectivity index (χ0v) is 17.1. The van der Waals surface area contributed by atoms with Gasteiger partial charge in [0.15, 0.2) is 17.2 Å². The Hall–Kier alpha value is -3.09. The van der Waals surface area contributed by atoms with Gasteiger partial charge in [0.2, 0.25) is 0 Å². The SMILES string of the molecule is CCC(Cc1ccccc1)CC(C)OC(=O)CNC(=O)c1nccc(OC)c1O. The van der Waals surface area contributed by atoms with Gasteiger partial charge < -0.3 is 19.9 Å². The van der Waals surface area contributed by atoms with E-state index in [1.54, 1.807) is 0 Å². The number of methoxy groups -OCH3 is 1. The molecule has 0 aliphatic carbocycles. The number of benzene rings is 1. The maximum atomic E-state index is 12.2. The fraction of sp³-hybridized carbons (Fsp3) is 0.409. The molecule has 1 aromatic carbocycles. The molecule has 1 aromatic heterocycles. The van der Waals surface area contributed by atoms with Crippen LogP contribution in [0.1, 0.15) is 42.7 Å². The quantitative estimate of drug-likeness (QED) is 0.595. The van der Waals surface area contributed by atoms with Crippen LogP contribution in [0.15, 0.2) is 42.6 Å². The molecule has 156 valence electrons. The molecular formula is C22H28N2O5. The molecule has 0 saturated heterocycles. The van der Waals surface area contributed by atoms with Gasteiger partial charge in [-0.1, -0.05) is 43.7 Å². The number of nitrogens with one attached hydrogen (secondary N) is 1. The van der Waals surface area contributed by atoms with Crippen LogP contribution in [0.3, 0.4) is 0 Å². The van der Waals surface area contributed by atoms with Crippen LogP contribution >= 0.6 is 0 Å². The highest BCUT2D eigenvalue weighted by atomic mass is 16.5. The predicted octanol–water partition coefficient (Wildman–Crippen LogP) is 3.12. The lowest BCUT2D eigenvalue weighted by atomic mass is 9.92. The van der Waals surface area contributed by atoms with E-state index in [9.17, 15) is 14.7 Å². The lowest BCUT2D eigenvalue weighted by Crippen LogP contribution is -2.33. The topological polar surface area (TPSA) is 97.8 Å². The van der Waals surface area contributed by atoms with Gasteiger partial charge in [-0.05, 0) is 31.2 Å². The maximum absolute atomic E-state index is 12.2. The third-order valence-electron chi connectivity index (χ3n) is 4.66. The summed E-state index contributed by atoms with van der Waals surface area (Å²) in [4.78, 5) is 28.1. The Morgan fingerprint density at radius 1 is 1.21 bits per heavy atom. The Kier molecular flexibility index (Phi) is 8.45. The van der Waals surface area contributed by atoms with E-state index in [0.717, 1.165) is 19.3 Å². The fourth-order valence-electron chi connectivity index (χ4n) is 3.13. The second-order valence-corrected chi connectivity index (χ2v) is 6.89. The van der Waals surface area contributed by atoms with Crippen LogP contribution in [-0.2, 0) is 16.0 Å². The minimum Gasteiger partial charge on any atom is -0.503 e. The van der Waals surface area contributed by atoms with Gasteiger partial charge in [0.25, 0.3) is 5.91 Å². The van der Waals surface area contributed by atoms with Crippen molar-refractivity contribution >= 4 is 11.9 Å². The van der Waals surface area contributed by atoms with Crippen molar-refractivity contribution in [3.05, 3.63) is 53.9 Å². The molecule has 0 spiro atoms. The second-order valence-electron chi connectivity index (χ2n) is 6.89. The van der Waals surface area contributed by atoms with Crippen molar-refractivity contribution in [2.75, 3.05) is 13.7 Å². The summed E-state index contributed by atoms with van der Waals surface area (Å²) in [7, 11) is 1.37. The minimum absolute atomic E-state index is 0.130. The molecule has 0 aliphatic rings. The zero-order chi connectivity index (χ0) is 21.2. The predicted molar refractivity (Wildman–Crippen MR) is 109 cm³/mol. The average molecular weight is 400 g/mol. The highest BCUT2D eigenvalue weighted by Gasteiger charge is 2.19. The molecule has 2 aromatic rings. The van der Waals surface area contributed by atoms with Crippen LogP contribution in [0.4, 0.5) is 0 Å². The first-order chi connectivity index (χ1) is 13.9. The first-order valence-corrected chi connectivity index (χ1v) is 9.68. The van der Waals surface area contributed by atoms with Crippen LogP contribution in [0.5, 0.6) is 11.5 Å². The van der Waals surface area contributed by atoms with Gasteiger partial charge in [-0.3, -0.25) is 9.59 Å². The molecule has 7 nitrogen and oxygen atoms in total. The Labute approximate surface area is 171 Å². The second kappa shape index (κ2) is 11.0. The first-order valence-electron chi connectivity index (χ1n) is 9.68. The summed E-state index contributed by atoms with van der Waals surface area (Å²) < 4.78 is 10.4. The first kappa shape index (κ1) is 22.2. The van der Waals surface area contributed by atoms with Gasteiger partial charge in [0, 0.05) is 12.3 Å². The number of carbonyl (C=O) groups is 2. The number of nitrogens with zero attached hydrogens (tertiary/aromatic N) is 1. The highest BCUT2D eigenvalue weighted by Crippen LogP contribution is 2.27. The van der Waals surface area contributed by atoms with Gasteiger partial charge in [0.05, 0.1) is 13.2 Å². The molecule has 0 radical (unpaired) electrons. The van der Waals surface area contributed by atoms with Crippen LogP contribution in [0.2, 0.25) is 0 Å². The van der Waals surface area contributed by atoms with E-state index >= 15 is 0 Å². The van der Waals surface area contributed by atoms with Gasteiger partial charge in [0.1, 0.15) is 6.54 Å². The Morgan fingerprint density at radius 2 is 1.93 bits per heavy atom. The average Bonchev–Trinajstić information content (AvgIpc) is 2.72. The molecule has 1 heterocycles. The van der Waals surface area contributed by atoms with Crippen molar-refractivity contribution in [2.24, 2.45) is 5.92 Å². The van der Waals surface area contributed by atoms with Gasteiger partial charge in [-0.2, -0.15) is 0 Å². The Balaban J connectivity index is 1.81. The molecule has 0 fully saturated rings. The highest BCUT2D eigenvalue weighted by molar-refractivity contribution is 5.97. The van der Waals surface area contributed by atoms with Crippen molar-refractivity contribution < 1.29 is 24.2 Å². The normalized spacial score (nSPS) is 12.7. The van der Waals surface area contributed by atoms with Crippen LogP contribution in [0.25, 0.3) is 0 Å². The van der Waals surface area contributed by atoms with Crippen LogP contribution in [0, 0.1) is 5.92 Å². The molecule has 1 amide bonds. The molecule has 2 atom stereocenters. The van der Waals surface area contributed by atoms with Crippen LogP contribution in [-0.4, -0.2) is 41.7 Å². The van der Waals surface area contributed by atoms with E-state index < -0.39 is 11.9 Å². The standard InChI is InChI=1S/C22H28N2O5/c1-4-16(13-17-8-6-5-7-9-17)12-15(2)29-19(25)14-24-22(27)20-21(26)18(28-3)10-11-23-20/h5-11,15-16,26H,4,12-14H2,1-3H3,(H,24,27). The van der Waals surface area contributed by atoms with E-state index in [2.05, 4.69) is 29.4 Å². The van der Waals surface area contributed by atoms with E-state index in [1.807, 2.05) is 25.1 Å². The lowest BCUT2D eigenvalue weighted by Gasteiger charge is -2.20. The van der Waals surface area contributed by atoms with E-state index in [0.29, 0.717) is 5.92 Å². The maximum Gasteiger partial charge on any atom is 0.325 e. The molecule has 7 heteroatoms. The summed E-state index contributed by atoms with van der Waals surface area (Å²) in [5, 5.41) is 12.4. The van der Waals surface area contributed by atoms with Gasteiger partial charge in [-0.15, -0.1) is 0 Å². The molecule has 29 heavy (non-hydrogen) atoms. The molecule has 2 N–H and O–H groups in total. The van der Waals surface area contributed by atoms with Crippen molar-refractivity contribution in [1.29, 1.82) is 0 Å². The number of amides is 1. The number of aromatic nitrogens is 1. The largest absolute Gasteiger partial charge is 0.503 e. The summed E-state index contributed by atoms with van der Waals surface area (Å²) >= 11 is 0. The number of esters is 1. The lowest BCUT2D eigenvalue weighted by molar-refractivity contribution is -0.147. The van der Waals surface area contributed by atoms with E-state index in [-0.39, 0.29) is 29.8 Å². The molecular weight excluding hydrogens is 372 g/mol. The number of hydrogen-bond donors (Lipinski definition) is 2. The third-order valence-corrected chi connectivity index (χ3v) is 4.66. The van der Waals surface area contributed by atoms with E-state index in [4.69, 9.17) is 9.47 Å². The molecule has 2 unspecified atom stereocenters. The van der Waals surface area contributed by atoms with E-state index in [1.165, 1.54) is 24.9 Å². The number of aromatic hydroxyl groups is 1. The van der Waals surface area contributed by atoms with Crippen molar-refractivity contribution in [3.63, 3.8) is 0 Å². The van der Waals surface area contributed by atoms with Crippen molar-refractivity contribution in [1.82, 2.24) is 10.3 Å². The summed E-state index contributed by atoms with van der Waals surface area (Å²) in [6.45, 7) is 3.66. The number of carbonyl (C=O) groups excluding carboxylic acids is 2. The third kappa shape index (κ3) is 6.78. The Morgan fingerprint density at radius 3 is 2.59 bits per heavy atom. The van der Waals surface area contributed by atoms with Gasteiger partial charge in [-0.25, -0.2) is 4.98 Å². The minimum atomic E-state index is -0.679. The van der Waals surface area contributed by atoms with Crippen molar-refractivity contribution in [2.45, 2.75) is 39.2 Å². The molecule has 0 bridgehead atoms. The van der Waals surface area contributed by atoms with Crippen molar-refractivity contribution in [3.8, 4) is 11.5 Å². The number of hydrogen-bond acceptors (Lipinski definition) is 6. The van der Waals surface area contributed by atoms with Gasteiger partial charge >= 0.3 is 5.97 Å². The summed E-state index contributed by atoms with van der Waals surface area (Å²) in [5.74, 6) is -1.07. The summed E-state index contributed by atoms with van der Waals surface area (Å²) in [5.41, 5.74) is 1.05. The number of pyridine rings is 1. The molecule has 0 aliphatic heterocycles. The summed E-state index contributed by atoms with van der Waals surface area (Å²) in [6, 6.07) is 11.6. The Bertz CT molecular complexity index is 810. The molecule has 0 saturated carbocycles. The van der Waals surface area contributed by atoms with Crippen LogP contribution < -0.4 is 10.1 Å². The molecule has 2 rings (SSSR count). The summed E-state index contributed by atoms with van der Waals surface area (Å²) in [6.07, 6.45) is 3.72. The number of ether oxygens (including phenoxy) is 2.